The fourth-order valence-electron chi connectivity index (χ4n) is 2.44. The van der Waals surface area contributed by atoms with Crippen LogP contribution in [0.4, 0.5) is 0 Å². The highest BCUT2D eigenvalue weighted by Gasteiger charge is 2.33. The van der Waals surface area contributed by atoms with E-state index < -0.39 is 0 Å². The molecule has 2 rings (SSSR count). The molecule has 102 valence electrons. The van der Waals surface area contributed by atoms with Gasteiger partial charge >= 0.3 is 0 Å². The van der Waals surface area contributed by atoms with Crippen LogP contribution in [-0.2, 0) is 17.9 Å². The van der Waals surface area contributed by atoms with Crippen molar-refractivity contribution in [2.24, 2.45) is 11.1 Å². The standard InChI is InChI=1S/C13H23N3OS/c1-13(2)9-16(5-4-11(13)14)7-12-15-6-10(18-12)8-17-3/h6,11H,4-5,7-9,14H2,1-3H3. The number of hydrogen-bond acceptors (Lipinski definition) is 5. The number of methoxy groups -OCH3 is 1. The van der Waals surface area contributed by atoms with Crippen LogP contribution in [0.1, 0.15) is 30.2 Å². The van der Waals surface area contributed by atoms with E-state index in [1.165, 1.54) is 9.88 Å². The van der Waals surface area contributed by atoms with Crippen molar-refractivity contribution in [3.63, 3.8) is 0 Å². The second kappa shape index (κ2) is 5.65. The summed E-state index contributed by atoms with van der Waals surface area (Å²) in [6.07, 6.45) is 2.99. The minimum Gasteiger partial charge on any atom is -0.379 e. The number of piperidine rings is 1. The number of hydrogen-bond donors (Lipinski definition) is 1. The van der Waals surface area contributed by atoms with Crippen LogP contribution < -0.4 is 5.73 Å². The molecule has 5 heteroatoms. The molecule has 1 aliphatic rings. The zero-order valence-corrected chi connectivity index (χ0v) is 12.3. The lowest BCUT2D eigenvalue weighted by atomic mass is 9.80. The van der Waals surface area contributed by atoms with Crippen molar-refractivity contribution in [3.8, 4) is 0 Å². The third-order valence-electron chi connectivity index (χ3n) is 3.64. The zero-order valence-electron chi connectivity index (χ0n) is 11.5. The monoisotopic (exact) mass is 269 g/mol. The molecule has 1 fully saturated rings. The maximum atomic E-state index is 6.16. The van der Waals surface area contributed by atoms with Gasteiger partial charge in [0.05, 0.1) is 18.0 Å². The molecular weight excluding hydrogens is 246 g/mol. The van der Waals surface area contributed by atoms with Crippen LogP contribution in [-0.4, -0.2) is 36.1 Å². The van der Waals surface area contributed by atoms with Crippen LogP contribution in [0.25, 0.3) is 0 Å². The minimum absolute atomic E-state index is 0.199. The van der Waals surface area contributed by atoms with E-state index in [1.807, 2.05) is 6.20 Å². The highest BCUT2D eigenvalue weighted by molar-refractivity contribution is 7.11. The second-order valence-electron chi connectivity index (χ2n) is 5.75. The van der Waals surface area contributed by atoms with Crippen molar-refractivity contribution < 1.29 is 4.74 Å². The molecule has 1 atom stereocenters. The summed E-state index contributed by atoms with van der Waals surface area (Å²) in [6, 6.07) is 0.314. The average molecular weight is 269 g/mol. The van der Waals surface area contributed by atoms with Crippen LogP contribution in [0.5, 0.6) is 0 Å². The first-order valence-corrected chi connectivity index (χ1v) is 7.23. The largest absolute Gasteiger partial charge is 0.379 e. The molecule has 4 nitrogen and oxygen atoms in total. The summed E-state index contributed by atoms with van der Waals surface area (Å²) in [7, 11) is 1.72. The first-order valence-electron chi connectivity index (χ1n) is 6.42. The highest BCUT2D eigenvalue weighted by Crippen LogP contribution is 2.29. The Labute approximate surface area is 113 Å². The first-order chi connectivity index (χ1) is 8.51. The summed E-state index contributed by atoms with van der Waals surface area (Å²) in [4.78, 5) is 8.11. The molecule has 1 saturated heterocycles. The van der Waals surface area contributed by atoms with E-state index in [9.17, 15) is 0 Å². The number of ether oxygens (including phenoxy) is 1. The Kier molecular flexibility index (Phi) is 4.37. The van der Waals surface area contributed by atoms with Gasteiger partial charge in [-0.15, -0.1) is 11.3 Å². The minimum atomic E-state index is 0.199. The molecule has 18 heavy (non-hydrogen) atoms. The molecule has 0 radical (unpaired) electrons. The molecule has 0 spiro atoms. The molecule has 0 amide bonds. The Morgan fingerprint density at radius 2 is 2.39 bits per heavy atom. The van der Waals surface area contributed by atoms with Gasteiger partial charge in [-0.25, -0.2) is 4.98 Å². The van der Waals surface area contributed by atoms with E-state index in [2.05, 4.69) is 23.7 Å². The van der Waals surface area contributed by atoms with E-state index in [-0.39, 0.29) is 5.41 Å². The highest BCUT2D eigenvalue weighted by atomic mass is 32.1. The lowest BCUT2D eigenvalue weighted by molar-refractivity contribution is 0.0898. The summed E-state index contributed by atoms with van der Waals surface area (Å²) in [5, 5.41) is 1.17. The normalized spacial score (nSPS) is 24.3. The molecule has 1 unspecified atom stereocenters. The van der Waals surface area contributed by atoms with Crippen LogP contribution in [0, 0.1) is 5.41 Å². The van der Waals surface area contributed by atoms with Gasteiger partial charge in [-0.2, -0.15) is 0 Å². The maximum Gasteiger partial charge on any atom is 0.107 e. The SMILES string of the molecule is COCc1cnc(CN2CCC(N)C(C)(C)C2)s1. The van der Waals surface area contributed by atoms with E-state index >= 15 is 0 Å². The van der Waals surface area contributed by atoms with Gasteiger partial charge in [0.2, 0.25) is 0 Å². The van der Waals surface area contributed by atoms with Crippen LogP contribution in [0.2, 0.25) is 0 Å². The Bertz CT molecular complexity index is 391. The van der Waals surface area contributed by atoms with Gasteiger partial charge in [-0.3, -0.25) is 4.90 Å². The number of nitrogens with zero attached hydrogens (tertiary/aromatic N) is 2. The maximum absolute atomic E-state index is 6.16. The Hall–Kier alpha value is -0.490. The lowest BCUT2D eigenvalue weighted by Gasteiger charge is -2.42. The van der Waals surface area contributed by atoms with Gasteiger partial charge in [0.25, 0.3) is 0 Å². The summed E-state index contributed by atoms with van der Waals surface area (Å²) < 4.78 is 5.12. The molecule has 1 aromatic rings. The summed E-state index contributed by atoms with van der Waals surface area (Å²) in [6.45, 7) is 8.22. The Balaban J connectivity index is 1.93. The van der Waals surface area contributed by atoms with E-state index in [1.54, 1.807) is 18.4 Å². The smallest absolute Gasteiger partial charge is 0.107 e. The van der Waals surface area contributed by atoms with E-state index in [0.29, 0.717) is 12.6 Å². The predicted molar refractivity (Wildman–Crippen MR) is 74.5 cm³/mol. The van der Waals surface area contributed by atoms with Crippen LogP contribution in [0.15, 0.2) is 6.20 Å². The Morgan fingerprint density at radius 3 is 3.06 bits per heavy atom. The van der Waals surface area contributed by atoms with Crippen molar-refractivity contribution >= 4 is 11.3 Å². The third-order valence-corrected chi connectivity index (χ3v) is 4.59. The molecule has 0 bridgehead atoms. The second-order valence-corrected chi connectivity index (χ2v) is 6.95. The molecule has 1 aliphatic heterocycles. The van der Waals surface area contributed by atoms with Gasteiger partial charge in [-0.05, 0) is 11.8 Å². The summed E-state index contributed by atoms with van der Waals surface area (Å²) in [5.41, 5.74) is 6.35. The molecule has 2 heterocycles. The predicted octanol–water partition coefficient (Wildman–Crippen LogP) is 1.85. The molecular formula is C13H23N3OS. The van der Waals surface area contributed by atoms with Gasteiger partial charge in [0, 0.05) is 32.4 Å². The fourth-order valence-corrected chi connectivity index (χ4v) is 3.38. The Morgan fingerprint density at radius 1 is 1.61 bits per heavy atom. The van der Waals surface area contributed by atoms with Crippen molar-refractivity contribution in [1.82, 2.24) is 9.88 Å². The van der Waals surface area contributed by atoms with Gasteiger partial charge in [0.1, 0.15) is 5.01 Å². The van der Waals surface area contributed by atoms with E-state index in [4.69, 9.17) is 10.5 Å². The lowest BCUT2D eigenvalue weighted by Crippen LogP contribution is -2.52. The summed E-state index contributed by atoms with van der Waals surface area (Å²) in [5.74, 6) is 0. The zero-order chi connectivity index (χ0) is 13.2. The summed E-state index contributed by atoms with van der Waals surface area (Å²) >= 11 is 1.74. The van der Waals surface area contributed by atoms with Gasteiger partial charge in [-0.1, -0.05) is 13.8 Å². The van der Waals surface area contributed by atoms with E-state index in [0.717, 1.165) is 26.1 Å². The van der Waals surface area contributed by atoms with Gasteiger partial charge < -0.3 is 10.5 Å². The molecule has 0 saturated carbocycles. The number of aromatic nitrogens is 1. The van der Waals surface area contributed by atoms with Crippen molar-refractivity contribution in [2.75, 3.05) is 20.2 Å². The average Bonchev–Trinajstić information content (AvgIpc) is 2.71. The van der Waals surface area contributed by atoms with Crippen LogP contribution in [0.3, 0.4) is 0 Å². The third kappa shape index (κ3) is 3.29. The topological polar surface area (TPSA) is 51.4 Å². The van der Waals surface area contributed by atoms with Crippen LogP contribution >= 0.6 is 11.3 Å². The molecule has 1 aromatic heterocycles. The van der Waals surface area contributed by atoms with Crippen molar-refractivity contribution in [3.05, 3.63) is 16.1 Å². The fraction of sp³-hybridized carbons (Fsp3) is 0.769. The number of thiazole rings is 1. The van der Waals surface area contributed by atoms with Gasteiger partial charge in [0.15, 0.2) is 0 Å². The number of likely N-dealkylation sites (tertiary alicyclic amines) is 1. The van der Waals surface area contributed by atoms with Crippen molar-refractivity contribution in [2.45, 2.75) is 39.5 Å². The first kappa shape index (κ1) is 13.9. The van der Waals surface area contributed by atoms with Crippen molar-refractivity contribution in [1.29, 1.82) is 0 Å². The molecule has 0 aliphatic carbocycles. The number of nitrogens with two attached hydrogens (primary N) is 1. The molecule has 0 aromatic carbocycles. The number of rotatable bonds is 4. The molecule has 2 N–H and O–H groups in total. The quantitative estimate of drug-likeness (QED) is 0.906.